The van der Waals surface area contributed by atoms with Crippen LogP contribution in [0.25, 0.3) is 0 Å². The van der Waals surface area contributed by atoms with E-state index in [-0.39, 0.29) is 14.1 Å². The fourth-order valence-corrected chi connectivity index (χ4v) is 3.90. The Morgan fingerprint density at radius 2 is 1.24 bits per heavy atom. The van der Waals surface area contributed by atoms with Crippen LogP contribution in [0.15, 0.2) is 0 Å². The maximum Gasteiger partial charge on any atom is 0.255 e. The molecule has 0 nitrogen and oxygen atoms in total. The van der Waals surface area contributed by atoms with Gasteiger partial charge in [-0.1, -0.05) is 82.2 Å². The topological polar surface area (TPSA) is 0 Å². The van der Waals surface area contributed by atoms with Gasteiger partial charge < -0.3 is 0 Å². The zero-order valence-corrected chi connectivity index (χ0v) is 16.7. The van der Waals surface area contributed by atoms with E-state index in [9.17, 15) is 0 Å². The lowest BCUT2D eigenvalue weighted by Crippen LogP contribution is -1.96. The van der Waals surface area contributed by atoms with Gasteiger partial charge in [-0.15, -0.1) is 11.6 Å². The first-order valence-corrected chi connectivity index (χ1v) is 12.4. The van der Waals surface area contributed by atoms with E-state index >= 15 is 0 Å². The van der Waals surface area contributed by atoms with E-state index in [1.807, 2.05) is 0 Å². The smallest absolute Gasteiger partial charge is 0.106 e. The van der Waals surface area contributed by atoms with Crippen molar-refractivity contribution in [3.8, 4) is 0 Å². The van der Waals surface area contributed by atoms with Crippen LogP contribution in [-0.4, -0.2) is 30.4 Å². The number of rotatable bonds is 9. The van der Waals surface area contributed by atoms with Crippen LogP contribution in [0.2, 0.25) is 21.6 Å². The van der Waals surface area contributed by atoms with Crippen molar-refractivity contribution in [2.24, 2.45) is 0 Å². The fourth-order valence-electron chi connectivity index (χ4n) is 1.86. The molecule has 0 amide bonds. The predicted molar refractivity (Wildman–Crippen MR) is 88.5 cm³/mol. The molecule has 0 unspecified atom stereocenters. The van der Waals surface area contributed by atoms with Crippen LogP contribution in [0.1, 0.15) is 72.1 Å². The van der Waals surface area contributed by atoms with Gasteiger partial charge in [0.2, 0.25) is 16.3 Å². The van der Waals surface area contributed by atoms with Crippen molar-refractivity contribution in [2.45, 2.75) is 93.8 Å². The Morgan fingerprint density at radius 3 is 1.47 bits per heavy atom. The van der Waals surface area contributed by atoms with E-state index in [1.165, 1.54) is 72.9 Å². The average Bonchev–Trinajstić information content (AvgIpc) is 2.31. The molecule has 0 aromatic carbocycles. The van der Waals surface area contributed by atoms with Gasteiger partial charge in [-0.2, -0.15) is 0 Å². The zero-order valence-electron chi connectivity index (χ0n) is 13.5. The van der Waals surface area contributed by atoms with E-state index in [0.29, 0.717) is 0 Å². The van der Waals surface area contributed by atoms with Crippen molar-refractivity contribution >= 4 is 30.4 Å². The molecule has 0 heterocycles. The molecule has 0 saturated heterocycles. The Bertz CT molecular complexity index is 116. The molecule has 17 heavy (non-hydrogen) atoms. The Labute approximate surface area is 124 Å². The first kappa shape index (κ1) is 20.4. The minimum atomic E-state index is -0.188. The molecule has 0 aliphatic carbocycles. The maximum atomic E-state index is 2.41. The lowest BCUT2D eigenvalue weighted by Gasteiger charge is -2.08. The lowest BCUT2D eigenvalue weighted by molar-refractivity contribution is 0.601. The van der Waals surface area contributed by atoms with Gasteiger partial charge in [-0.25, -0.2) is 0 Å². The molecule has 0 N–H and O–H groups in total. The highest BCUT2D eigenvalue weighted by Crippen LogP contribution is 2.17. The highest BCUT2D eigenvalue weighted by Gasteiger charge is 1.99. The predicted octanol–water partition coefficient (Wildman–Crippen LogP) is 5.33. The number of hydrogen-bond donors (Lipinski definition) is 0. The van der Waals surface area contributed by atoms with Crippen molar-refractivity contribution in [3.05, 3.63) is 0 Å². The zero-order chi connectivity index (χ0) is 13.5. The van der Waals surface area contributed by atoms with E-state index in [2.05, 4.69) is 32.3 Å². The van der Waals surface area contributed by atoms with Crippen molar-refractivity contribution in [3.63, 3.8) is 0 Å². The summed E-state index contributed by atoms with van der Waals surface area (Å²) in [6.45, 7) is 6.83. The molecule has 0 aromatic heterocycles. The fraction of sp³-hybridized carbons (Fsp3) is 1.00. The van der Waals surface area contributed by atoms with Gasteiger partial charge in [0.1, 0.15) is 0 Å². The molecule has 0 saturated carbocycles. The summed E-state index contributed by atoms with van der Waals surface area (Å²) >= 11 is 1.23. The standard InChI is InChI=1S/C9H19.C4H9.2CH3.2Al.2H/c1-3-5-7-9-8-6-4-2;1-3-4-2;;;;;;/h9H,3-8H2,1-2H3;1,3-4H2,2H3;2*1H3;;;;. The molecule has 0 aromatic rings. The van der Waals surface area contributed by atoms with E-state index < -0.39 is 0 Å². The first-order valence-electron chi connectivity index (χ1n) is 8.08. The van der Waals surface area contributed by atoms with Crippen molar-refractivity contribution in [1.82, 2.24) is 0 Å². The molecule has 102 valence electrons. The number of unbranched alkanes of at least 4 members (excludes halogenated alkanes) is 3. The molecule has 2 heteroatoms. The third-order valence-corrected chi connectivity index (χ3v) is 5.95. The summed E-state index contributed by atoms with van der Waals surface area (Å²) in [7, 11) is 0. The quantitative estimate of drug-likeness (QED) is 0.497. The summed E-state index contributed by atoms with van der Waals surface area (Å²) in [5.74, 6) is 4.82. The highest BCUT2D eigenvalue weighted by atomic mass is 27.2. The summed E-state index contributed by atoms with van der Waals surface area (Å²) in [6.07, 6.45) is 11.5. The second-order valence-corrected chi connectivity index (χ2v) is 10.9. The summed E-state index contributed by atoms with van der Waals surface area (Å²) in [5.41, 5.74) is 0. The van der Waals surface area contributed by atoms with E-state index in [1.54, 1.807) is 0 Å². The Morgan fingerprint density at radius 1 is 0.824 bits per heavy atom. The second kappa shape index (κ2) is 17.1. The van der Waals surface area contributed by atoms with Gasteiger partial charge in [0.05, 0.1) is 0 Å². The van der Waals surface area contributed by atoms with Crippen LogP contribution >= 0.6 is 0 Å². The molecule has 0 rings (SSSR count). The summed E-state index contributed by atoms with van der Waals surface area (Å²) < 4.78 is 1.11. The lowest BCUT2D eigenvalue weighted by atomic mass is 10.1. The first-order chi connectivity index (χ1) is 8.08. The molecule has 0 spiro atoms. The van der Waals surface area contributed by atoms with Crippen LogP contribution in [0, 0.1) is 0 Å². The Kier molecular flexibility index (Phi) is 20.5. The van der Waals surface area contributed by atoms with Crippen molar-refractivity contribution < 1.29 is 0 Å². The molecular formula is C15H36Al2. The monoisotopic (exact) mass is 270 g/mol. The van der Waals surface area contributed by atoms with E-state index in [0.717, 1.165) is 4.78 Å². The summed E-state index contributed by atoms with van der Waals surface area (Å²) in [5, 5.41) is 1.54. The molecule has 0 aliphatic heterocycles. The highest BCUT2D eigenvalue weighted by molar-refractivity contribution is 6.55. The van der Waals surface area contributed by atoms with Crippen molar-refractivity contribution in [1.29, 1.82) is 0 Å². The third kappa shape index (κ3) is 22.7. The van der Waals surface area contributed by atoms with Crippen LogP contribution in [0.5, 0.6) is 0 Å². The van der Waals surface area contributed by atoms with Crippen molar-refractivity contribution in [2.75, 3.05) is 0 Å². The SMILES string of the molecule is CCCC[CH]([AlH2])CCCC.CCC[CH2][Al]([CH3])[CH3]. The third-order valence-electron chi connectivity index (χ3n) is 3.24. The molecule has 0 atom stereocenters. The minimum Gasteiger partial charge on any atom is -0.106 e. The Hall–Kier alpha value is 1.06. The largest absolute Gasteiger partial charge is 0.255 e. The molecule has 0 radical (unpaired) electrons. The van der Waals surface area contributed by atoms with Gasteiger partial charge in [-0.05, 0) is 0 Å². The average molecular weight is 270 g/mol. The molecule has 0 fully saturated rings. The van der Waals surface area contributed by atoms with Gasteiger partial charge in [0, 0.05) is 0 Å². The van der Waals surface area contributed by atoms with Gasteiger partial charge in [-0.3, -0.25) is 0 Å². The van der Waals surface area contributed by atoms with Gasteiger partial charge in [0.15, 0.2) is 0 Å². The second-order valence-electron chi connectivity index (χ2n) is 5.93. The van der Waals surface area contributed by atoms with Crippen LogP contribution in [-0.2, 0) is 0 Å². The summed E-state index contributed by atoms with van der Waals surface area (Å²) in [4.78, 5) is 0. The normalized spacial score (nSPS) is 10.0. The molecular weight excluding hydrogens is 234 g/mol. The summed E-state index contributed by atoms with van der Waals surface area (Å²) in [6, 6.07) is 0. The van der Waals surface area contributed by atoms with Crippen LogP contribution in [0.3, 0.4) is 0 Å². The van der Waals surface area contributed by atoms with Gasteiger partial charge in [0.25, 0.3) is 14.1 Å². The number of hydrogen-bond acceptors (Lipinski definition) is 0. The van der Waals surface area contributed by atoms with E-state index in [4.69, 9.17) is 0 Å². The minimum absolute atomic E-state index is 0.188. The maximum absolute atomic E-state index is 2.41. The van der Waals surface area contributed by atoms with Gasteiger partial charge >= 0.3 is 0 Å². The Balaban J connectivity index is 0. The molecule has 0 aliphatic rings. The molecule has 0 bridgehead atoms. The van der Waals surface area contributed by atoms with Crippen LogP contribution in [0.4, 0.5) is 0 Å². The van der Waals surface area contributed by atoms with Crippen LogP contribution < -0.4 is 0 Å².